The van der Waals surface area contributed by atoms with E-state index in [9.17, 15) is 0 Å². The molecule has 2 unspecified atom stereocenters. The molecule has 0 aromatic heterocycles. The van der Waals surface area contributed by atoms with Crippen LogP contribution in [0, 0.1) is 0 Å². The molecule has 2 saturated heterocycles. The summed E-state index contributed by atoms with van der Waals surface area (Å²) in [5.74, 6) is 1.84. The number of unbranched alkanes of at least 4 members (excludes halogenated alkanes) is 1. The SMILES string of the molecule is CC.CC.CCC.CCCC.c1ccc(OCC2CO2)cc1.c1ccc(OCC2CO2)cc1. The van der Waals surface area contributed by atoms with E-state index in [1.54, 1.807) is 0 Å². The van der Waals surface area contributed by atoms with Gasteiger partial charge in [0.1, 0.15) is 36.9 Å². The van der Waals surface area contributed by atoms with Crippen LogP contribution in [0.5, 0.6) is 11.5 Å². The molecule has 2 aliphatic rings. The third kappa shape index (κ3) is 24.4. The average molecular weight is 463 g/mol. The minimum absolute atomic E-state index is 0.343. The van der Waals surface area contributed by atoms with E-state index in [1.165, 1.54) is 19.3 Å². The smallest absolute Gasteiger partial charge is 0.119 e. The van der Waals surface area contributed by atoms with Crippen molar-refractivity contribution in [1.29, 1.82) is 0 Å². The first-order valence-corrected chi connectivity index (χ1v) is 12.8. The van der Waals surface area contributed by atoms with E-state index in [1.807, 2.05) is 88.4 Å². The number of benzene rings is 2. The highest BCUT2D eigenvalue weighted by molar-refractivity contribution is 5.21. The van der Waals surface area contributed by atoms with Crippen LogP contribution in [0.3, 0.4) is 0 Å². The maximum atomic E-state index is 5.40. The number of hydrogen-bond donors (Lipinski definition) is 0. The Kier molecular flexibility index (Phi) is 26.3. The molecular weight excluding hydrogens is 412 g/mol. The Balaban J connectivity index is 0. The molecule has 0 saturated carbocycles. The Morgan fingerprint density at radius 2 is 0.879 bits per heavy atom. The number of hydrogen-bond acceptors (Lipinski definition) is 4. The van der Waals surface area contributed by atoms with Gasteiger partial charge in [0.2, 0.25) is 0 Å². The molecule has 2 fully saturated rings. The topological polar surface area (TPSA) is 43.5 Å². The Morgan fingerprint density at radius 3 is 1.09 bits per heavy atom. The monoisotopic (exact) mass is 462 g/mol. The first-order valence-electron chi connectivity index (χ1n) is 12.8. The molecular formula is C29H50O4. The van der Waals surface area contributed by atoms with Crippen molar-refractivity contribution < 1.29 is 18.9 Å². The Bertz CT molecular complexity index is 528. The molecule has 0 amide bonds. The van der Waals surface area contributed by atoms with Gasteiger partial charge in [0.05, 0.1) is 13.2 Å². The minimum Gasteiger partial charge on any atom is -0.491 e. The quantitative estimate of drug-likeness (QED) is 0.389. The van der Waals surface area contributed by atoms with E-state index < -0.39 is 0 Å². The highest BCUT2D eigenvalue weighted by Gasteiger charge is 2.23. The lowest BCUT2D eigenvalue weighted by molar-refractivity contribution is 0.263. The van der Waals surface area contributed by atoms with Crippen molar-refractivity contribution in [2.75, 3.05) is 26.4 Å². The van der Waals surface area contributed by atoms with Gasteiger partial charge >= 0.3 is 0 Å². The van der Waals surface area contributed by atoms with Crippen LogP contribution in [-0.4, -0.2) is 38.6 Å². The van der Waals surface area contributed by atoms with E-state index in [0.29, 0.717) is 25.4 Å². The summed E-state index contributed by atoms with van der Waals surface area (Å²) >= 11 is 0. The van der Waals surface area contributed by atoms with E-state index >= 15 is 0 Å². The van der Waals surface area contributed by atoms with Crippen molar-refractivity contribution in [3.63, 3.8) is 0 Å². The van der Waals surface area contributed by atoms with Crippen molar-refractivity contribution in [1.82, 2.24) is 0 Å². The second kappa shape index (κ2) is 26.2. The predicted molar refractivity (Wildman–Crippen MR) is 143 cm³/mol. The molecule has 2 atom stereocenters. The lowest BCUT2D eigenvalue weighted by Gasteiger charge is -2.01. The fourth-order valence-electron chi connectivity index (χ4n) is 1.74. The van der Waals surface area contributed by atoms with Crippen molar-refractivity contribution in [2.45, 2.75) is 86.9 Å². The van der Waals surface area contributed by atoms with Gasteiger partial charge in [-0.15, -0.1) is 0 Å². The first kappa shape index (κ1) is 33.1. The molecule has 0 bridgehead atoms. The Morgan fingerprint density at radius 1 is 0.606 bits per heavy atom. The van der Waals surface area contributed by atoms with Crippen LogP contribution in [0.15, 0.2) is 60.7 Å². The Labute approximate surface area is 204 Å². The van der Waals surface area contributed by atoms with Crippen LogP contribution in [0.1, 0.15) is 74.7 Å². The number of ether oxygens (including phenoxy) is 4. The van der Waals surface area contributed by atoms with Gasteiger partial charge < -0.3 is 18.9 Å². The lowest BCUT2D eigenvalue weighted by atomic mass is 10.3. The summed E-state index contributed by atoms with van der Waals surface area (Å²) in [6.45, 7) is 19.7. The van der Waals surface area contributed by atoms with Gasteiger partial charge in [-0.2, -0.15) is 0 Å². The van der Waals surface area contributed by atoms with Gasteiger partial charge in [0.25, 0.3) is 0 Å². The van der Waals surface area contributed by atoms with Crippen molar-refractivity contribution in [3.05, 3.63) is 60.7 Å². The predicted octanol–water partition coefficient (Wildman–Crippen LogP) is 8.20. The molecule has 4 nitrogen and oxygen atoms in total. The lowest BCUT2D eigenvalue weighted by Crippen LogP contribution is -2.03. The molecule has 2 aromatic carbocycles. The third-order valence-electron chi connectivity index (χ3n) is 3.66. The van der Waals surface area contributed by atoms with E-state index in [0.717, 1.165) is 24.7 Å². The van der Waals surface area contributed by atoms with Crippen LogP contribution in [0.4, 0.5) is 0 Å². The summed E-state index contributed by atoms with van der Waals surface area (Å²) in [7, 11) is 0. The molecule has 2 aliphatic heterocycles. The summed E-state index contributed by atoms with van der Waals surface area (Å²) in [6, 6.07) is 19.6. The fourth-order valence-corrected chi connectivity index (χ4v) is 1.74. The molecule has 4 heteroatoms. The molecule has 0 aliphatic carbocycles. The third-order valence-corrected chi connectivity index (χ3v) is 3.66. The van der Waals surface area contributed by atoms with Gasteiger partial charge in [-0.05, 0) is 24.3 Å². The second-order valence-corrected chi connectivity index (χ2v) is 6.87. The van der Waals surface area contributed by atoms with Gasteiger partial charge in [0, 0.05) is 0 Å². The van der Waals surface area contributed by atoms with Gasteiger partial charge in [0.15, 0.2) is 0 Å². The molecule has 2 aromatic rings. The number of para-hydroxylation sites is 2. The second-order valence-electron chi connectivity index (χ2n) is 6.87. The normalized spacial score (nSPS) is 16.0. The molecule has 33 heavy (non-hydrogen) atoms. The van der Waals surface area contributed by atoms with Crippen LogP contribution in [-0.2, 0) is 9.47 Å². The summed E-state index contributed by atoms with van der Waals surface area (Å²) < 4.78 is 20.8. The van der Waals surface area contributed by atoms with Crippen molar-refractivity contribution in [3.8, 4) is 11.5 Å². The molecule has 4 rings (SSSR count). The van der Waals surface area contributed by atoms with Crippen LogP contribution < -0.4 is 9.47 Å². The standard InChI is InChI=1S/2C9H10O2.C4H10.C3H8.2C2H6/c2*1-2-4-8(5-3-1)10-6-9-7-11-9;1-3-4-2;1-3-2;2*1-2/h2*1-5,9H,6-7H2;3-4H2,1-2H3;3H2,1-2H3;2*1-2H3. The fraction of sp³-hybridized carbons (Fsp3) is 0.586. The molecule has 0 spiro atoms. The van der Waals surface area contributed by atoms with E-state index in [2.05, 4.69) is 27.7 Å². The number of rotatable bonds is 7. The van der Waals surface area contributed by atoms with Gasteiger partial charge in [-0.1, -0.05) is 111 Å². The molecule has 0 radical (unpaired) electrons. The zero-order valence-corrected chi connectivity index (χ0v) is 22.5. The molecule has 0 N–H and O–H groups in total. The largest absolute Gasteiger partial charge is 0.491 e. The van der Waals surface area contributed by atoms with Gasteiger partial charge in [-0.3, -0.25) is 0 Å². The number of epoxide rings is 2. The van der Waals surface area contributed by atoms with E-state index in [-0.39, 0.29) is 0 Å². The molecule has 2 heterocycles. The summed E-state index contributed by atoms with van der Waals surface area (Å²) in [5.41, 5.74) is 0. The zero-order chi connectivity index (χ0) is 25.2. The van der Waals surface area contributed by atoms with Crippen molar-refractivity contribution in [2.24, 2.45) is 0 Å². The van der Waals surface area contributed by atoms with E-state index in [4.69, 9.17) is 18.9 Å². The van der Waals surface area contributed by atoms with Crippen LogP contribution in [0.25, 0.3) is 0 Å². The summed E-state index contributed by atoms with van der Waals surface area (Å²) in [4.78, 5) is 0. The highest BCUT2D eigenvalue weighted by Crippen LogP contribution is 2.14. The molecule has 190 valence electrons. The van der Waals surface area contributed by atoms with Gasteiger partial charge in [-0.25, -0.2) is 0 Å². The highest BCUT2D eigenvalue weighted by atomic mass is 16.6. The van der Waals surface area contributed by atoms with Crippen LogP contribution in [0.2, 0.25) is 0 Å². The maximum Gasteiger partial charge on any atom is 0.119 e. The average Bonchev–Trinajstić information content (AvgIpc) is 3.82. The zero-order valence-electron chi connectivity index (χ0n) is 22.5. The first-order chi connectivity index (χ1) is 16.2. The van der Waals surface area contributed by atoms with Crippen LogP contribution >= 0.6 is 0 Å². The maximum absolute atomic E-state index is 5.40. The summed E-state index contributed by atoms with van der Waals surface area (Å²) in [6.07, 6.45) is 4.57. The Hall–Kier alpha value is -2.04. The summed E-state index contributed by atoms with van der Waals surface area (Å²) in [5, 5.41) is 0. The minimum atomic E-state index is 0.343. The van der Waals surface area contributed by atoms with Crippen molar-refractivity contribution >= 4 is 0 Å².